The maximum Gasteiger partial charge on any atom is 0.336 e. The van der Waals surface area contributed by atoms with E-state index in [4.69, 9.17) is 4.42 Å². The highest BCUT2D eigenvalue weighted by atomic mass is 79.9. The highest BCUT2D eigenvalue weighted by Gasteiger charge is 2.18. The molecule has 8 heteroatoms. The maximum atomic E-state index is 11.7. The highest BCUT2D eigenvalue weighted by Crippen LogP contribution is 2.32. The second-order valence-corrected chi connectivity index (χ2v) is 7.79. The topological polar surface area (TPSA) is 106 Å². The summed E-state index contributed by atoms with van der Waals surface area (Å²) >= 11 is 3.35. The molecule has 4 aromatic rings. The molecule has 154 valence electrons. The van der Waals surface area contributed by atoms with Crippen LogP contribution in [0, 0.1) is 17.0 Å². The van der Waals surface area contributed by atoms with E-state index in [-0.39, 0.29) is 11.3 Å². The van der Waals surface area contributed by atoms with Crippen molar-refractivity contribution in [1.29, 1.82) is 0 Å². The molecule has 2 heterocycles. The summed E-state index contributed by atoms with van der Waals surface area (Å²) in [5.74, 6) is -0.222. The molecule has 0 saturated heterocycles. The molecule has 0 aliphatic rings. The minimum atomic E-state index is -1.05. The summed E-state index contributed by atoms with van der Waals surface area (Å²) in [4.78, 5) is 27.1. The Morgan fingerprint density at radius 3 is 2.68 bits per heavy atom. The number of nitrogens with zero attached hydrogens (tertiary/aromatic N) is 2. The summed E-state index contributed by atoms with van der Waals surface area (Å²) < 4.78 is 6.53. The van der Waals surface area contributed by atoms with Gasteiger partial charge in [0.15, 0.2) is 0 Å². The van der Waals surface area contributed by atoms with Crippen LogP contribution < -0.4 is 0 Å². The van der Waals surface area contributed by atoms with Gasteiger partial charge in [0, 0.05) is 15.9 Å². The first-order chi connectivity index (χ1) is 14.8. The number of furan rings is 1. The van der Waals surface area contributed by atoms with Crippen LogP contribution in [0.2, 0.25) is 0 Å². The van der Waals surface area contributed by atoms with Crippen LogP contribution in [0.3, 0.4) is 0 Å². The molecule has 0 spiro atoms. The second kappa shape index (κ2) is 8.16. The minimum absolute atomic E-state index is 0.0293. The van der Waals surface area contributed by atoms with Gasteiger partial charge in [-0.15, -0.1) is 0 Å². The van der Waals surface area contributed by atoms with Crippen LogP contribution in [0.25, 0.3) is 34.4 Å². The molecular formula is C23H15BrN2O5. The summed E-state index contributed by atoms with van der Waals surface area (Å²) in [5, 5.41) is 21.5. The Bertz CT molecular complexity index is 1370. The number of aromatic carboxylic acids is 1. The Balaban J connectivity index is 1.69. The van der Waals surface area contributed by atoms with E-state index in [1.54, 1.807) is 61.5 Å². The zero-order valence-corrected chi connectivity index (χ0v) is 17.8. The molecule has 0 radical (unpaired) electrons. The lowest BCUT2D eigenvalue weighted by atomic mass is 10.1. The first-order valence-electron chi connectivity index (χ1n) is 9.19. The Kier molecular flexibility index (Phi) is 5.39. The highest BCUT2D eigenvalue weighted by molar-refractivity contribution is 9.10. The van der Waals surface area contributed by atoms with E-state index in [2.05, 4.69) is 20.9 Å². The van der Waals surface area contributed by atoms with Crippen LogP contribution in [0.15, 0.2) is 63.5 Å². The van der Waals surface area contributed by atoms with Crippen molar-refractivity contribution in [3.8, 4) is 11.3 Å². The van der Waals surface area contributed by atoms with Crippen LogP contribution in [0.4, 0.5) is 5.69 Å². The van der Waals surface area contributed by atoms with Crippen LogP contribution in [-0.2, 0) is 0 Å². The molecule has 0 atom stereocenters. The average molecular weight is 479 g/mol. The summed E-state index contributed by atoms with van der Waals surface area (Å²) in [6.45, 7) is 1.79. The number of rotatable bonds is 5. The molecule has 2 aromatic carbocycles. The first kappa shape index (κ1) is 20.5. The number of halogens is 1. The number of aryl methyl sites for hydroxylation is 1. The zero-order chi connectivity index (χ0) is 22.1. The molecule has 4 rings (SSSR count). The van der Waals surface area contributed by atoms with E-state index >= 15 is 0 Å². The fraction of sp³-hybridized carbons (Fsp3) is 0.0435. The lowest BCUT2D eigenvalue weighted by Gasteiger charge is -2.05. The van der Waals surface area contributed by atoms with E-state index in [0.29, 0.717) is 33.7 Å². The molecule has 2 aromatic heterocycles. The van der Waals surface area contributed by atoms with Gasteiger partial charge in [0.05, 0.1) is 27.3 Å². The van der Waals surface area contributed by atoms with Gasteiger partial charge in [0.1, 0.15) is 11.5 Å². The van der Waals surface area contributed by atoms with Crippen molar-refractivity contribution in [2.75, 3.05) is 0 Å². The fourth-order valence-corrected chi connectivity index (χ4v) is 3.60. The molecule has 0 aliphatic carbocycles. The molecule has 0 unspecified atom stereocenters. The summed E-state index contributed by atoms with van der Waals surface area (Å²) in [7, 11) is 0. The normalized spacial score (nSPS) is 11.3. The fourth-order valence-electron chi connectivity index (χ4n) is 3.24. The van der Waals surface area contributed by atoms with Crippen molar-refractivity contribution < 1.29 is 19.2 Å². The first-order valence-corrected chi connectivity index (χ1v) is 9.98. The van der Waals surface area contributed by atoms with Gasteiger partial charge in [-0.3, -0.25) is 10.1 Å². The number of carboxylic acids is 1. The van der Waals surface area contributed by atoms with Gasteiger partial charge in [0.25, 0.3) is 5.69 Å². The van der Waals surface area contributed by atoms with Gasteiger partial charge in [-0.1, -0.05) is 22.0 Å². The average Bonchev–Trinajstić information content (AvgIpc) is 3.20. The second-order valence-electron chi connectivity index (χ2n) is 6.87. The number of pyridine rings is 1. The molecule has 0 bridgehead atoms. The van der Waals surface area contributed by atoms with Crippen LogP contribution >= 0.6 is 15.9 Å². The Labute approximate surface area is 184 Å². The third-order valence-electron chi connectivity index (χ3n) is 4.68. The van der Waals surface area contributed by atoms with Crippen molar-refractivity contribution in [3.63, 3.8) is 0 Å². The van der Waals surface area contributed by atoms with E-state index in [9.17, 15) is 20.0 Å². The van der Waals surface area contributed by atoms with Crippen molar-refractivity contribution in [2.24, 2.45) is 0 Å². The summed E-state index contributed by atoms with van der Waals surface area (Å²) in [5.41, 5.74) is 2.29. The number of fused-ring (bicyclic) bond motifs is 1. The Morgan fingerprint density at radius 2 is 1.94 bits per heavy atom. The molecular weight excluding hydrogens is 464 g/mol. The summed E-state index contributed by atoms with van der Waals surface area (Å²) in [6, 6.07) is 15.0. The van der Waals surface area contributed by atoms with Gasteiger partial charge in [-0.05, 0) is 67.1 Å². The standard InChI is InChI=1S/C23H15BrN2O5/c1-13-2-7-17(21(10-13)26(29)30)22-9-6-16(31-22)5-4-15-12-19(23(27)28)18-11-14(24)3-8-20(18)25-15/h2-12H,1H3,(H,27,28). The molecule has 1 N–H and O–H groups in total. The number of hydrogen-bond donors (Lipinski definition) is 1. The molecule has 7 nitrogen and oxygen atoms in total. The van der Waals surface area contributed by atoms with Gasteiger partial charge >= 0.3 is 5.97 Å². The SMILES string of the molecule is Cc1ccc(-c2ccc(C=Cc3cc(C(=O)O)c4cc(Br)ccc4n3)o2)c([N+](=O)[O-])c1. The maximum absolute atomic E-state index is 11.7. The van der Waals surface area contributed by atoms with Gasteiger partial charge in [-0.2, -0.15) is 0 Å². The smallest absolute Gasteiger partial charge is 0.336 e. The lowest BCUT2D eigenvalue weighted by Crippen LogP contribution is -2.00. The van der Waals surface area contributed by atoms with Gasteiger partial charge in [-0.25, -0.2) is 9.78 Å². The van der Waals surface area contributed by atoms with Gasteiger partial charge < -0.3 is 9.52 Å². The van der Waals surface area contributed by atoms with E-state index in [1.807, 2.05) is 0 Å². The Hall–Kier alpha value is -3.78. The number of carboxylic acid groups (broad SMARTS) is 1. The van der Waals surface area contributed by atoms with E-state index in [1.165, 1.54) is 12.1 Å². The third-order valence-corrected chi connectivity index (χ3v) is 5.17. The van der Waals surface area contributed by atoms with Gasteiger partial charge in [0.2, 0.25) is 0 Å². The summed E-state index contributed by atoms with van der Waals surface area (Å²) in [6.07, 6.45) is 3.28. The third kappa shape index (κ3) is 4.24. The number of carbonyl (C=O) groups is 1. The Morgan fingerprint density at radius 1 is 1.13 bits per heavy atom. The number of aromatic nitrogens is 1. The number of benzene rings is 2. The quantitative estimate of drug-likeness (QED) is 0.264. The molecule has 31 heavy (non-hydrogen) atoms. The molecule has 0 saturated carbocycles. The van der Waals surface area contributed by atoms with Crippen molar-refractivity contribution in [2.45, 2.75) is 6.92 Å². The molecule has 0 aliphatic heterocycles. The van der Waals surface area contributed by atoms with Crippen molar-refractivity contribution in [1.82, 2.24) is 4.98 Å². The largest absolute Gasteiger partial charge is 0.478 e. The lowest BCUT2D eigenvalue weighted by molar-refractivity contribution is -0.384. The van der Waals surface area contributed by atoms with Crippen molar-refractivity contribution in [3.05, 3.63) is 91.8 Å². The van der Waals surface area contributed by atoms with Crippen LogP contribution in [0.1, 0.15) is 27.4 Å². The minimum Gasteiger partial charge on any atom is -0.478 e. The number of nitro benzene ring substituents is 1. The van der Waals surface area contributed by atoms with E-state index < -0.39 is 10.9 Å². The number of nitro groups is 1. The van der Waals surface area contributed by atoms with Crippen LogP contribution in [-0.4, -0.2) is 21.0 Å². The van der Waals surface area contributed by atoms with Crippen LogP contribution in [0.5, 0.6) is 0 Å². The zero-order valence-electron chi connectivity index (χ0n) is 16.2. The number of hydrogen-bond acceptors (Lipinski definition) is 5. The molecule has 0 amide bonds. The molecule has 0 fully saturated rings. The van der Waals surface area contributed by atoms with Crippen molar-refractivity contribution >= 4 is 50.6 Å². The van der Waals surface area contributed by atoms with E-state index in [0.717, 1.165) is 10.0 Å². The monoisotopic (exact) mass is 478 g/mol. The predicted molar refractivity (Wildman–Crippen MR) is 121 cm³/mol. The predicted octanol–water partition coefficient (Wildman–Crippen LogP) is 6.34.